The number of carbonyl (C=O) groups is 1. The molecule has 1 aliphatic carbocycles. The first kappa shape index (κ1) is 17.2. The number of nitrogens with zero attached hydrogens (tertiary/aromatic N) is 3. The van der Waals surface area contributed by atoms with Gasteiger partial charge in [0.05, 0.1) is 24.3 Å². The van der Waals surface area contributed by atoms with Crippen molar-refractivity contribution < 1.29 is 9.53 Å². The van der Waals surface area contributed by atoms with Crippen LogP contribution in [0.5, 0.6) is 5.75 Å². The molecule has 27 heavy (non-hydrogen) atoms. The van der Waals surface area contributed by atoms with Crippen molar-refractivity contribution in [3.05, 3.63) is 54.5 Å². The number of para-hydroxylation sites is 2. The molecule has 0 aliphatic heterocycles. The number of ether oxygens (including phenoxy) is 1. The highest BCUT2D eigenvalue weighted by atomic mass is 16.5. The Kier molecular flexibility index (Phi) is 4.82. The molecule has 1 saturated carbocycles. The third-order valence-corrected chi connectivity index (χ3v) is 4.82. The number of fused-ring (bicyclic) bond motifs is 1. The largest absolute Gasteiger partial charge is 0.494 e. The standard InChI is InChI=1S/C20H21N5O2/c1-27-17-10-5-11-21-19(17)20(26)25-16-9-4-8-15(16)24-18-12-22-13-6-2-3-7-14(13)23-18/h2-3,5-7,10-12,15-16H,4,8-9H2,1H3,(H,23,24)(H,25,26)/t15-,16?/m0/s1. The number of aromatic nitrogens is 3. The van der Waals surface area contributed by atoms with Crippen LogP contribution in [-0.2, 0) is 0 Å². The van der Waals surface area contributed by atoms with Crippen molar-refractivity contribution in [1.82, 2.24) is 20.3 Å². The van der Waals surface area contributed by atoms with Crippen LogP contribution in [0.15, 0.2) is 48.8 Å². The number of hydrogen-bond acceptors (Lipinski definition) is 6. The molecule has 1 aromatic carbocycles. The summed E-state index contributed by atoms with van der Waals surface area (Å²) in [5, 5.41) is 6.51. The van der Waals surface area contributed by atoms with Gasteiger partial charge in [0.1, 0.15) is 11.6 Å². The number of hydrogen-bond donors (Lipinski definition) is 2. The van der Waals surface area contributed by atoms with Crippen LogP contribution < -0.4 is 15.4 Å². The van der Waals surface area contributed by atoms with Crippen LogP contribution >= 0.6 is 0 Å². The Morgan fingerprint density at radius 1 is 1.07 bits per heavy atom. The van der Waals surface area contributed by atoms with Gasteiger partial charge in [0.25, 0.3) is 5.91 Å². The van der Waals surface area contributed by atoms with Crippen molar-refractivity contribution in [3.8, 4) is 5.75 Å². The average Bonchev–Trinajstić information content (AvgIpc) is 3.14. The lowest BCUT2D eigenvalue weighted by molar-refractivity contribution is 0.0927. The molecule has 4 rings (SSSR count). The summed E-state index contributed by atoms with van der Waals surface area (Å²) < 4.78 is 5.24. The minimum absolute atomic E-state index is 0.00233. The van der Waals surface area contributed by atoms with Gasteiger partial charge in [0.2, 0.25) is 0 Å². The first-order chi connectivity index (χ1) is 13.2. The van der Waals surface area contributed by atoms with Crippen molar-refractivity contribution in [2.24, 2.45) is 0 Å². The topological polar surface area (TPSA) is 89.0 Å². The molecule has 1 fully saturated rings. The molecular formula is C20H21N5O2. The Bertz CT molecular complexity index is 962. The second-order valence-electron chi connectivity index (χ2n) is 6.56. The van der Waals surface area contributed by atoms with E-state index in [9.17, 15) is 4.79 Å². The van der Waals surface area contributed by atoms with Gasteiger partial charge in [-0.1, -0.05) is 12.1 Å². The van der Waals surface area contributed by atoms with E-state index in [1.807, 2.05) is 24.3 Å². The van der Waals surface area contributed by atoms with Crippen LogP contribution in [0.25, 0.3) is 11.0 Å². The van der Waals surface area contributed by atoms with Crippen LogP contribution in [-0.4, -0.2) is 40.1 Å². The number of anilines is 1. The van der Waals surface area contributed by atoms with Gasteiger partial charge in [0.15, 0.2) is 5.69 Å². The van der Waals surface area contributed by atoms with Crippen LogP contribution in [0.4, 0.5) is 5.82 Å². The SMILES string of the molecule is COc1cccnc1C(=O)NC1CCC[C@@H]1Nc1cnc2ccccc2n1. The summed E-state index contributed by atoms with van der Waals surface area (Å²) in [6.45, 7) is 0. The Hall–Kier alpha value is -3.22. The molecule has 1 aliphatic rings. The quantitative estimate of drug-likeness (QED) is 0.725. The molecule has 0 spiro atoms. The average molecular weight is 363 g/mol. The predicted molar refractivity (Wildman–Crippen MR) is 103 cm³/mol. The van der Waals surface area contributed by atoms with Gasteiger partial charge in [-0.2, -0.15) is 0 Å². The molecule has 3 aromatic rings. The number of benzene rings is 1. The highest BCUT2D eigenvalue weighted by molar-refractivity contribution is 5.95. The zero-order chi connectivity index (χ0) is 18.6. The maximum Gasteiger partial charge on any atom is 0.274 e. The van der Waals surface area contributed by atoms with Gasteiger partial charge in [-0.15, -0.1) is 0 Å². The lowest BCUT2D eigenvalue weighted by Gasteiger charge is -2.22. The van der Waals surface area contributed by atoms with Gasteiger partial charge < -0.3 is 15.4 Å². The Balaban J connectivity index is 1.47. The monoisotopic (exact) mass is 363 g/mol. The normalized spacial score (nSPS) is 19.0. The molecule has 0 bridgehead atoms. The number of methoxy groups -OCH3 is 1. The van der Waals surface area contributed by atoms with E-state index in [2.05, 4.69) is 25.6 Å². The van der Waals surface area contributed by atoms with Crippen molar-refractivity contribution in [3.63, 3.8) is 0 Å². The van der Waals surface area contributed by atoms with E-state index in [1.54, 1.807) is 24.5 Å². The molecule has 2 N–H and O–H groups in total. The van der Waals surface area contributed by atoms with E-state index in [0.29, 0.717) is 11.4 Å². The lowest BCUT2D eigenvalue weighted by Crippen LogP contribution is -2.43. The minimum atomic E-state index is -0.226. The van der Waals surface area contributed by atoms with Gasteiger partial charge in [-0.05, 0) is 43.5 Å². The fourth-order valence-corrected chi connectivity index (χ4v) is 3.48. The van der Waals surface area contributed by atoms with E-state index >= 15 is 0 Å². The van der Waals surface area contributed by atoms with Crippen molar-refractivity contribution in [2.75, 3.05) is 12.4 Å². The maximum atomic E-state index is 12.6. The summed E-state index contributed by atoms with van der Waals surface area (Å²) in [4.78, 5) is 25.9. The summed E-state index contributed by atoms with van der Waals surface area (Å²) in [6.07, 6.45) is 6.22. The third kappa shape index (κ3) is 3.67. The number of rotatable bonds is 5. The van der Waals surface area contributed by atoms with E-state index in [1.165, 1.54) is 7.11 Å². The first-order valence-electron chi connectivity index (χ1n) is 9.03. The third-order valence-electron chi connectivity index (χ3n) is 4.82. The maximum absolute atomic E-state index is 12.6. The van der Waals surface area contributed by atoms with E-state index in [-0.39, 0.29) is 18.0 Å². The lowest BCUT2D eigenvalue weighted by atomic mass is 10.1. The Labute approximate surface area is 157 Å². The zero-order valence-electron chi connectivity index (χ0n) is 15.1. The summed E-state index contributed by atoms with van der Waals surface area (Å²) in [7, 11) is 1.53. The van der Waals surface area contributed by atoms with Crippen LogP contribution in [0.3, 0.4) is 0 Å². The van der Waals surface area contributed by atoms with E-state index < -0.39 is 0 Å². The van der Waals surface area contributed by atoms with Crippen LogP contribution in [0, 0.1) is 0 Å². The van der Waals surface area contributed by atoms with Gasteiger partial charge in [0, 0.05) is 18.3 Å². The van der Waals surface area contributed by atoms with Crippen molar-refractivity contribution in [1.29, 1.82) is 0 Å². The molecule has 0 saturated heterocycles. The number of nitrogens with one attached hydrogen (secondary N) is 2. The van der Waals surface area contributed by atoms with Crippen molar-refractivity contribution in [2.45, 2.75) is 31.3 Å². The minimum Gasteiger partial charge on any atom is -0.494 e. The van der Waals surface area contributed by atoms with E-state index in [0.717, 1.165) is 36.1 Å². The summed E-state index contributed by atoms with van der Waals surface area (Å²) in [6, 6.07) is 11.3. The van der Waals surface area contributed by atoms with Crippen LogP contribution in [0.2, 0.25) is 0 Å². The molecule has 1 amide bonds. The highest BCUT2D eigenvalue weighted by Crippen LogP contribution is 2.24. The number of pyridine rings is 1. The molecule has 0 radical (unpaired) electrons. The summed E-state index contributed by atoms with van der Waals surface area (Å²) in [5.74, 6) is 0.962. The molecule has 2 heterocycles. The molecule has 7 heteroatoms. The zero-order valence-corrected chi connectivity index (χ0v) is 15.1. The molecule has 138 valence electrons. The summed E-state index contributed by atoms with van der Waals surface area (Å²) in [5.41, 5.74) is 2.01. The van der Waals surface area contributed by atoms with Gasteiger partial charge in [-0.3, -0.25) is 9.78 Å². The molecule has 2 atom stereocenters. The first-order valence-corrected chi connectivity index (χ1v) is 9.03. The fraction of sp³-hybridized carbons (Fsp3) is 0.300. The second-order valence-corrected chi connectivity index (χ2v) is 6.56. The van der Waals surface area contributed by atoms with E-state index in [4.69, 9.17) is 4.74 Å². The van der Waals surface area contributed by atoms with Crippen LogP contribution in [0.1, 0.15) is 29.8 Å². The van der Waals surface area contributed by atoms with Gasteiger partial charge >= 0.3 is 0 Å². The predicted octanol–water partition coefficient (Wildman–Crippen LogP) is 2.80. The molecule has 7 nitrogen and oxygen atoms in total. The van der Waals surface area contributed by atoms with Gasteiger partial charge in [-0.25, -0.2) is 9.97 Å². The number of carbonyl (C=O) groups excluding carboxylic acids is 1. The van der Waals surface area contributed by atoms with Crippen molar-refractivity contribution >= 4 is 22.8 Å². The molecular weight excluding hydrogens is 342 g/mol. The Morgan fingerprint density at radius 2 is 1.89 bits per heavy atom. The number of amides is 1. The smallest absolute Gasteiger partial charge is 0.274 e. The summed E-state index contributed by atoms with van der Waals surface area (Å²) >= 11 is 0. The second kappa shape index (κ2) is 7.57. The fourth-order valence-electron chi connectivity index (χ4n) is 3.48. The Morgan fingerprint density at radius 3 is 2.74 bits per heavy atom. The molecule has 2 aromatic heterocycles. The highest BCUT2D eigenvalue weighted by Gasteiger charge is 2.30. The molecule has 1 unspecified atom stereocenters.